The Balaban J connectivity index is 1.98. The molecule has 0 radical (unpaired) electrons. The van der Waals surface area contributed by atoms with Crippen LogP contribution in [0.2, 0.25) is 0 Å². The molecule has 4 heteroatoms. The van der Waals surface area contributed by atoms with Crippen LogP contribution in [0.1, 0.15) is 57.7 Å². The maximum absolute atomic E-state index is 5.97. The Labute approximate surface area is 121 Å². The van der Waals surface area contributed by atoms with Crippen molar-refractivity contribution in [3.8, 4) is 0 Å². The Morgan fingerprint density at radius 3 is 2.68 bits per heavy atom. The van der Waals surface area contributed by atoms with E-state index in [0.717, 1.165) is 13.1 Å². The van der Waals surface area contributed by atoms with E-state index in [2.05, 4.69) is 36.1 Å². The Hall–Kier alpha value is -0.540. The van der Waals surface area contributed by atoms with Gasteiger partial charge in [0.15, 0.2) is 0 Å². The molecule has 1 aromatic rings. The molecule has 19 heavy (non-hydrogen) atoms. The third-order valence-corrected chi connectivity index (χ3v) is 4.19. The molecule has 1 aliphatic rings. The molecule has 1 aliphatic carbocycles. The Bertz CT molecular complexity index is 369. The Morgan fingerprint density at radius 2 is 2.11 bits per heavy atom. The van der Waals surface area contributed by atoms with Crippen molar-refractivity contribution in [2.45, 2.75) is 64.6 Å². The molecule has 0 saturated heterocycles. The van der Waals surface area contributed by atoms with Crippen molar-refractivity contribution in [3.05, 3.63) is 18.0 Å². The van der Waals surface area contributed by atoms with Gasteiger partial charge in [0.05, 0.1) is 5.69 Å². The molecule has 0 N–H and O–H groups in total. The second kappa shape index (κ2) is 7.30. The van der Waals surface area contributed by atoms with Gasteiger partial charge >= 0.3 is 0 Å². The number of nitrogens with zero attached hydrogens (tertiary/aromatic N) is 3. The van der Waals surface area contributed by atoms with Gasteiger partial charge in [0, 0.05) is 37.3 Å². The van der Waals surface area contributed by atoms with E-state index in [0.29, 0.717) is 18.0 Å². The first-order chi connectivity index (χ1) is 9.20. The summed E-state index contributed by atoms with van der Waals surface area (Å²) in [6, 6.07) is 3.28. The van der Waals surface area contributed by atoms with Crippen molar-refractivity contribution >= 4 is 11.6 Å². The van der Waals surface area contributed by atoms with Crippen LogP contribution in [0, 0.1) is 0 Å². The summed E-state index contributed by atoms with van der Waals surface area (Å²) in [5, 5.41) is 4.66. The molecule has 1 saturated carbocycles. The molecule has 0 aromatic carbocycles. The van der Waals surface area contributed by atoms with E-state index in [1.54, 1.807) is 0 Å². The van der Waals surface area contributed by atoms with Gasteiger partial charge in [-0.05, 0) is 32.8 Å². The smallest absolute Gasteiger partial charge is 0.0765 e. The van der Waals surface area contributed by atoms with Gasteiger partial charge in [0.1, 0.15) is 0 Å². The van der Waals surface area contributed by atoms with E-state index in [1.807, 2.05) is 4.68 Å². The zero-order valence-corrected chi connectivity index (χ0v) is 12.9. The fourth-order valence-corrected chi connectivity index (χ4v) is 3.12. The summed E-state index contributed by atoms with van der Waals surface area (Å²) in [6.07, 6.45) is 8.85. The topological polar surface area (TPSA) is 21.1 Å². The molecule has 3 nitrogen and oxygen atoms in total. The van der Waals surface area contributed by atoms with Gasteiger partial charge in [-0.3, -0.25) is 9.58 Å². The number of hydrogen-bond acceptors (Lipinski definition) is 2. The predicted molar refractivity (Wildman–Crippen MR) is 80.6 cm³/mol. The van der Waals surface area contributed by atoms with Gasteiger partial charge < -0.3 is 0 Å². The summed E-state index contributed by atoms with van der Waals surface area (Å²) in [5.41, 5.74) is 1.17. The van der Waals surface area contributed by atoms with Gasteiger partial charge in [0.25, 0.3) is 0 Å². The van der Waals surface area contributed by atoms with Crippen molar-refractivity contribution in [1.29, 1.82) is 0 Å². The molecule has 1 heterocycles. The highest BCUT2D eigenvalue weighted by molar-refractivity contribution is 6.18. The van der Waals surface area contributed by atoms with Crippen molar-refractivity contribution in [3.63, 3.8) is 0 Å². The summed E-state index contributed by atoms with van der Waals surface area (Å²) in [6.45, 7) is 6.24. The lowest BCUT2D eigenvalue weighted by Gasteiger charge is -2.33. The van der Waals surface area contributed by atoms with Crippen molar-refractivity contribution < 1.29 is 0 Å². The van der Waals surface area contributed by atoms with Crippen LogP contribution in [0.5, 0.6) is 0 Å². The second-order valence-corrected chi connectivity index (χ2v) is 6.21. The zero-order valence-electron chi connectivity index (χ0n) is 12.2. The van der Waals surface area contributed by atoms with Crippen LogP contribution < -0.4 is 0 Å². The van der Waals surface area contributed by atoms with E-state index >= 15 is 0 Å². The molecule has 0 bridgehead atoms. The molecule has 0 unspecified atom stereocenters. The Kier molecular flexibility index (Phi) is 5.71. The number of halogens is 1. The Morgan fingerprint density at radius 1 is 1.37 bits per heavy atom. The summed E-state index contributed by atoms with van der Waals surface area (Å²) in [5.74, 6) is 0.710. The summed E-state index contributed by atoms with van der Waals surface area (Å²) in [7, 11) is 0. The first-order valence-corrected chi connectivity index (χ1v) is 8.08. The average Bonchev–Trinajstić information content (AvgIpc) is 2.88. The monoisotopic (exact) mass is 283 g/mol. The molecule has 0 amide bonds. The van der Waals surface area contributed by atoms with Crippen LogP contribution in [-0.2, 0) is 6.54 Å². The van der Waals surface area contributed by atoms with Crippen LogP contribution in [0.25, 0.3) is 0 Å². The van der Waals surface area contributed by atoms with E-state index in [9.17, 15) is 0 Å². The number of rotatable bonds is 6. The largest absolute Gasteiger partial charge is 0.293 e. The SMILES string of the molecule is CC(C)n1ccc(CN(CCCl)C2CCCCC2)n1. The van der Waals surface area contributed by atoms with Crippen LogP contribution in [-0.4, -0.2) is 33.1 Å². The summed E-state index contributed by atoms with van der Waals surface area (Å²) in [4.78, 5) is 2.53. The maximum atomic E-state index is 5.97. The minimum absolute atomic E-state index is 0.435. The third-order valence-electron chi connectivity index (χ3n) is 4.02. The first-order valence-electron chi connectivity index (χ1n) is 7.54. The fraction of sp³-hybridized carbons (Fsp3) is 0.800. The van der Waals surface area contributed by atoms with Crippen LogP contribution in [0.4, 0.5) is 0 Å². The molecule has 0 spiro atoms. The molecular weight excluding hydrogens is 258 g/mol. The third kappa shape index (κ3) is 4.22. The lowest BCUT2D eigenvalue weighted by Crippen LogP contribution is -2.37. The minimum atomic E-state index is 0.435. The standard InChI is InChI=1S/C15H26ClN3/c1-13(2)19-10-8-14(17-19)12-18(11-9-16)15-6-4-3-5-7-15/h8,10,13,15H,3-7,9,11-12H2,1-2H3. The molecule has 2 rings (SSSR count). The van der Waals surface area contributed by atoms with Crippen LogP contribution in [0.3, 0.4) is 0 Å². The predicted octanol–water partition coefficient (Wildman–Crippen LogP) is 3.84. The van der Waals surface area contributed by atoms with Gasteiger partial charge in [-0.25, -0.2) is 0 Å². The number of aromatic nitrogens is 2. The van der Waals surface area contributed by atoms with Gasteiger partial charge in [-0.1, -0.05) is 19.3 Å². The highest BCUT2D eigenvalue weighted by atomic mass is 35.5. The van der Waals surface area contributed by atoms with Crippen molar-refractivity contribution in [2.75, 3.05) is 12.4 Å². The molecule has 0 atom stereocenters. The lowest BCUT2D eigenvalue weighted by molar-refractivity contribution is 0.155. The fourth-order valence-electron chi connectivity index (χ4n) is 2.90. The van der Waals surface area contributed by atoms with E-state index in [1.165, 1.54) is 37.8 Å². The molecule has 1 aromatic heterocycles. The molecule has 108 valence electrons. The number of hydrogen-bond donors (Lipinski definition) is 0. The highest BCUT2D eigenvalue weighted by Crippen LogP contribution is 2.23. The zero-order chi connectivity index (χ0) is 13.7. The van der Waals surface area contributed by atoms with Crippen molar-refractivity contribution in [2.24, 2.45) is 0 Å². The normalized spacial score (nSPS) is 17.5. The van der Waals surface area contributed by atoms with E-state index < -0.39 is 0 Å². The first kappa shape index (κ1) is 14.9. The lowest BCUT2D eigenvalue weighted by atomic mass is 9.94. The van der Waals surface area contributed by atoms with E-state index in [4.69, 9.17) is 11.6 Å². The summed E-state index contributed by atoms with van der Waals surface area (Å²) < 4.78 is 2.04. The quantitative estimate of drug-likeness (QED) is 0.740. The van der Waals surface area contributed by atoms with Crippen LogP contribution in [0.15, 0.2) is 12.3 Å². The molecular formula is C15H26ClN3. The van der Waals surface area contributed by atoms with Gasteiger partial charge in [0.2, 0.25) is 0 Å². The van der Waals surface area contributed by atoms with Gasteiger partial charge in [-0.15, -0.1) is 11.6 Å². The minimum Gasteiger partial charge on any atom is -0.293 e. The average molecular weight is 284 g/mol. The number of alkyl halides is 1. The molecule has 1 fully saturated rings. The highest BCUT2D eigenvalue weighted by Gasteiger charge is 2.21. The van der Waals surface area contributed by atoms with E-state index in [-0.39, 0.29) is 0 Å². The molecule has 0 aliphatic heterocycles. The van der Waals surface area contributed by atoms with Crippen LogP contribution >= 0.6 is 11.6 Å². The summed E-state index contributed by atoms with van der Waals surface area (Å²) >= 11 is 5.97. The van der Waals surface area contributed by atoms with Gasteiger partial charge in [-0.2, -0.15) is 5.10 Å². The second-order valence-electron chi connectivity index (χ2n) is 5.83. The van der Waals surface area contributed by atoms with Crippen molar-refractivity contribution in [1.82, 2.24) is 14.7 Å². The maximum Gasteiger partial charge on any atom is 0.0765 e.